The van der Waals surface area contributed by atoms with Gasteiger partial charge in [-0.25, -0.2) is 0 Å². The summed E-state index contributed by atoms with van der Waals surface area (Å²) in [5.74, 6) is 0. The van der Waals surface area contributed by atoms with Crippen LogP contribution in [0.3, 0.4) is 0 Å². The summed E-state index contributed by atoms with van der Waals surface area (Å²) in [7, 11) is 0. The molecule has 0 spiro atoms. The molecule has 1 nitrogen and oxygen atoms in total. The van der Waals surface area contributed by atoms with E-state index in [9.17, 15) is 0 Å². The molecular formula is C15H17NS. The van der Waals surface area contributed by atoms with Crippen molar-refractivity contribution < 1.29 is 0 Å². The monoisotopic (exact) mass is 243 g/mol. The first-order chi connectivity index (χ1) is 8.36. The summed E-state index contributed by atoms with van der Waals surface area (Å²) in [5.41, 5.74) is 4.57. The second-order valence-corrected chi connectivity index (χ2v) is 4.62. The normalized spacial score (nSPS) is 9.18. The van der Waals surface area contributed by atoms with E-state index < -0.39 is 0 Å². The molecule has 0 aliphatic heterocycles. The molecule has 0 saturated heterocycles. The van der Waals surface area contributed by atoms with E-state index in [2.05, 4.69) is 42.3 Å². The Balaban J connectivity index is 2.47. The van der Waals surface area contributed by atoms with Crippen LogP contribution in [-0.2, 0) is 6.42 Å². The summed E-state index contributed by atoms with van der Waals surface area (Å²) in [4.78, 5) is 1.04. The molecule has 0 fully saturated rings. The molecule has 0 aliphatic rings. The molecule has 0 N–H and O–H groups in total. The fraction of sp³-hybridized carbons (Fsp3) is 0.333. The molecule has 0 amide bonds. The SMILES string of the molecule is CCCC(=C=CCCc1ccccc1)SC#N. The largest absolute Gasteiger partial charge is 0.185 e. The third kappa shape index (κ3) is 6.02. The smallest absolute Gasteiger partial charge is 0.138 e. The summed E-state index contributed by atoms with van der Waals surface area (Å²) < 4.78 is 0. The van der Waals surface area contributed by atoms with Crippen molar-refractivity contribution in [1.29, 1.82) is 5.26 Å². The number of thiocyanates is 1. The van der Waals surface area contributed by atoms with E-state index in [1.54, 1.807) is 0 Å². The van der Waals surface area contributed by atoms with Crippen LogP contribution >= 0.6 is 11.8 Å². The summed E-state index contributed by atoms with van der Waals surface area (Å²) in [6.07, 6.45) is 6.06. The predicted molar refractivity (Wildman–Crippen MR) is 74.5 cm³/mol. The lowest BCUT2D eigenvalue weighted by Gasteiger charge is -1.96. The molecular weight excluding hydrogens is 226 g/mol. The van der Waals surface area contributed by atoms with Crippen LogP contribution in [0.4, 0.5) is 0 Å². The van der Waals surface area contributed by atoms with Crippen molar-refractivity contribution in [1.82, 2.24) is 0 Å². The highest BCUT2D eigenvalue weighted by molar-refractivity contribution is 8.07. The highest BCUT2D eigenvalue weighted by Gasteiger charge is 1.93. The van der Waals surface area contributed by atoms with Crippen molar-refractivity contribution in [3.05, 3.63) is 52.6 Å². The quantitative estimate of drug-likeness (QED) is 0.535. The van der Waals surface area contributed by atoms with Gasteiger partial charge in [0.2, 0.25) is 0 Å². The van der Waals surface area contributed by atoms with Gasteiger partial charge in [-0.05, 0) is 42.7 Å². The number of nitrogens with zero attached hydrogens (tertiary/aromatic N) is 1. The van der Waals surface area contributed by atoms with Gasteiger partial charge in [-0.1, -0.05) is 43.7 Å². The zero-order valence-corrected chi connectivity index (χ0v) is 11.0. The molecule has 0 unspecified atom stereocenters. The first kappa shape index (κ1) is 13.6. The molecule has 88 valence electrons. The first-order valence-electron chi connectivity index (χ1n) is 5.90. The Kier molecular flexibility index (Phi) is 6.98. The molecule has 0 heterocycles. The summed E-state index contributed by atoms with van der Waals surface area (Å²) in [6.45, 7) is 2.11. The van der Waals surface area contributed by atoms with Crippen LogP contribution in [0.2, 0.25) is 0 Å². The third-order valence-electron chi connectivity index (χ3n) is 2.33. The fourth-order valence-corrected chi connectivity index (χ4v) is 2.06. The average Bonchev–Trinajstić information content (AvgIpc) is 2.36. The minimum absolute atomic E-state index is 0.945. The number of benzene rings is 1. The maximum atomic E-state index is 8.64. The lowest BCUT2D eigenvalue weighted by atomic mass is 10.1. The van der Waals surface area contributed by atoms with Gasteiger partial charge < -0.3 is 0 Å². The molecule has 0 saturated carbocycles. The molecule has 17 heavy (non-hydrogen) atoms. The third-order valence-corrected chi connectivity index (χ3v) is 2.99. The van der Waals surface area contributed by atoms with Gasteiger partial charge in [0.05, 0.1) is 0 Å². The highest BCUT2D eigenvalue weighted by Crippen LogP contribution is 2.18. The van der Waals surface area contributed by atoms with Crippen molar-refractivity contribution in [2.45, 2.75) is 32.6 Å². The summed E-state index contributed by atoms with van der Waals surface area (Å²) in [6, 6.07) is 10.4. The second-order valence-electron chi connectivity index (χ2n) is 3.74. The molecule has 0 aliphatic carbocycles. The number of thioether (sulfide) groups is 1. The van der Waals surface area contributed by atoms with Gasteiger partial charge in [0.25, 0.3) is 0 Å². The van der Waals surface area contributed by atoms with E-state index in [0.29, 0.717) is 0 Å². The van der Waals surface area contributed by atoms with E-state index in [-0.39, 0.29) is 0 Å². The van der Waals surface area contributed by atoms with Gasteiger partial charge in [0, 0.05) is 4.91 Å². The van der Waals surface area contributed by atoms with E-state index in [1.165, 1.54) is 17.3 Å². The zero-order chi connectivity index (χ0) is 12.3. The minimum Gasteiger partial charge on any atom is -0.185 e. The minimum atomic E-state index is 0.945. The van der Waals surface area contributed by atoms with Gasteiger partial charge in [0.1, 0.15) is 5.40 Å². The van der Waals surface area contributed by atoms with Crippen molar-refractivity contribution in [2.24, 2.45) is 0 Å². The lowest BCUT2D eigenvalue weighted by Crippen LogP contribution is -1.80. The molecule has 2 heteroatoms. The Hall–Kier alpha value is -1.42. The van der Waals surface area contributed by atoms with Gasteiger partial charge in [-0.15, -0.1) is 5.73 Å². The van der Waals surface area contributed by atoms with Crippen molar-refractivity contribution in [2.75, 3.05) is 0 Å². The van der Waals surface area contributed by atoms with E-state index >= 15 is 0 Å². The average molecular weight is 243 g/mol. The number of hydrogen-bond acceptors (Lipinski definition) is 2. The van der Waals surface area contributed by atoms with E-state index in [4.69, 9.17) is 5.26 Å². The molecule has 1 aromatic carbocycles. The van der Waals surface area contributed by atoms with Gasteiger partial charge in [0.15, 0.2) is 0 Å². The Morgan fingerprint density at radius 2 is 2.12 bits per heavy atom. The van der Waals surface area contributed by atoms with Crippen LogP contribution in [0.15, 0.2) is 47.0 Å². The van der Waals surface area contributed by atoms with Gasteiger partial charge >= 0.3 is 0 Å². The van der Waals surface area contributed by atoms with Crippen LogP contribution in [0.5, 0.6) is 0 Å². The maximum Gasteiger partial charge on any atom is 0.138 e. The number of nitriles is 1. The zero-order valence-electron chi connectivity index (χ0n) is 10.1. The first-order valence-corrected chi connectivity index (χ1v) is 6.72. The Bertz CT molecular complexity index is 422. The van der Waals surface area contributed by atoms with Crippen LogP contribution in [0, 0.1) is 10.7 Å². The summed E-state index contributed by atoms with van der Waals surface area (Å²) in [5, 5.41) is 10.7. The van der Waals surface area contributed by atoms with E-state index in [0.717, 1.165) is 30.6 Å². The molecule has 0 bridgehead atoms. The van der Waals surface area contributed by atoms with Gasteiger partial charge in [-0.3, -0.25) is 0 Å². The molecule has 1 rings (SSSR count). The van der Waals surface area contributed by atoms with Crippen molar-refractivity contribution in [3.8, 4) is 5.40 Å². The topological polar surface area (TPSA) is 23.8 Å². The van der Waals surface area contributed by atoms with Crippen LogP contribution in [0.1, 0.15) is 31.7 Å². The summed E-state index contributed by atoms with van der Waals surface area (Å²) >= 11 is 1.23. The molecule has 0 aromatic heterocycles. The Morgan fingerprint density at radius 1 is 1.35 bits per heavy atom. The lowest BCUT2D eigenvalue weighted by molar-refractivity contribution is 0.946. The molecule has 0 radical (unpaired) electrons. The van der Waals surface area contributed by atoms with E-state index in [1.807, 2.05) is 12.1 Å². The number of allylic oxidation sites excluding steroid dienone is 1. The van der Waals surface area contributed by atoms with Crippen molar-refractivity contribution >= 4 is 11.8 Å². The Morgan fingerprint density at radius 3 is 2.76 bits per heavy atom. The van der Waals surface area contributed by atoms with Crippen LogP contribution in [-0.4, -0.2) is 0 Å². The number of rotatable bonds is 6. The molecule has 0 atom stereocenters. The Labute approximate surface area is 108 Å². The highest BCUT2D eigenvalue weighted by atomic mass is 32.2. The number of hydrogen-bond donors (Lipinski definition) is 0. The van der Waals surface area contributed by atoms with Crippen LogP contribution in [0.25, 0.3) is 0 Å². The maximum absolute atomic E-state index is 8.64. The second kappa shape index (κ2) is 8.70. The fourth-order valence-electron chi connectivity index (χ4n) is 1.50. The molecule has 1 aromatic rings. The number of aryl methyl sites for hydroxylation is 1. The predicted octanol–water partition coefficient (Wildman–Crippen LogP) is 4.67. The van der Waals surface area contributed by atoms with Crippen molar-refractivity contribution in [3.63, 3.8) is 0 Å². The van der Waals surface area contributed by atoms with Crippen LogP contribution < -0.4 is 0 Å². The standard InChI is InChI=1S/C15H17NS/c1-2-8-15(17-13-16)12-7-6-11-14-9-4-3-5-10-14/h3-5,7,9-10H,2,6,8,11H2,1H3. The van der Waals surface area contributed by atoms with Gasteiger partial charge in [-0.2, -0.15) is 5.26 Å².